The highest BCUT2D eigenvalue weighted by Gasteiger charge is 2.44. The average Bonchev–Trinajstić information content (AvgIpc) is 3.11. The van der Waals surface area contributed by atoms with Gasteiger partial charge in [0.25, 0.3) is 0 Å². The van der Waals surface area contributed by atoms with Gasteiger partial charge in [-0.25, -0.2) is 0 Å². The summed E-state index contributed by atoms with van der Waals surface area (Å²) >= 11 is 7.56. The van der Waals surface area contributed by atoms with Gasteiger partial charge < -0.3 is 34.8 Å². The fourth-order valence-electron chi connectivity index (χ4n) is 3.63. The first-order chi connectivity index (χ1) is 13.5. The fourth-order valence-corrected chi connectivity index (χ4v) is 4.74. The number of rotatable bonds is 4. The first-order valence-electron chi connectivity index (χ1n) is 9.04. The van der Waals surface area contributed by atoms with Crippen molar-refractivity contribution < 1.29 is 29.9 Å². The van der Waals surface area contributed by atoms with Gasteiger partial charge >= 0.3 is 0 Å². The summed E-state index contributed by atoms with van der Waals surface area (Å²) in [5, 5.41) is 39.9. The molecule has 1 aromatic heterocycles. The van der Waals surface area contributed by atoms with Gasteiger partial charge in [0.05, 0.1) is 29.7 Å². The van der Waals surface area contributed by atoms with Crippen LogP contribution in [0.3, 0.4) is 0 Å². The normalized spacial score (nSPS) is 30.0. The Morgan fingerprint density at radius 1 is 1.11 bits per heavy atom. The Morgan fingerprint density at radius 2 is 1.93 bits per heavy atom. The monoisotopic (exact) mass is 427 g/mol. The molecule has 2 aromatic rings. The maximum absolute atomic E-state index is 10.4. The number of fused-ring (bicyclic) bond motifs is 1. The topological polar surface area (TPSA) is 103 Å². The number of aliphatic hydroxyl groups is 4. The van der Waals surface area contributed by atoms with E-state index in [0.29, 0.717) is 25.3 Å². The number of ether oxygens (including phenoxy) is 2. The standard InChI is InChI=1S/C19H22ClNO6S/c20-15-4-2-11(28-15)8-21-5-6-26-13-3-1-10(7-12(13)21)19-18(25)17(24)16(23)14(9-22)27-19/h1-4,7,14,16-19,22-25H,5-6,8-9H2/t14-,16-,17+,18-,19+/m1/s1. The van der Waals surface area contributed by atoms with Gasteiger partial charge in [0.1, 0.15) is 42.9 Å². The average molecular weight is 428 g/mol. The van der Waals surface area contributed by atoms with Crippen LogP contribution in [-0.2, 0) is 11.3 Å². The van der Waals surface area contributed by atoms with Gasteiger partial charge in [-0.05, 0) is 29.8 Å². The lowest BCUT2D eigenvalue weighted by Crippen LogP contribution is -2.55. The molecule has 4 rings (SSSR count). The molecule has 9 heteroatoms. The Balaban J connectivity index is 1.62. The molecule has 2 aliphatic heterocycles. The number of hydrogen-bond donors (Lipinski definition) is 4. The van der Waals surface area contributed by atoms with Crippen LogP contribution in [0.4, 0.5) is 5.69 Å². The summed E-state index contributed by atoms with van der Waals surface area (Å²) in [4.78, 5) is 3.28. The number of nitrogens with zero attached hydrogens (tertiary/aromatic N) is 1. The summed E-state index contributed by atoms with van der Waals surface area (Å²) in [5.74, 6) is 0.724. The van der Waals surface area contributed by atoms with Crippen LogP contribution in [-0.4, -0.2) is 64.6 Å². The highest BCUT2D eigenvalue weighted by Crippen LogP contribution is 2.39. The molecule has 152 valence electrons. The van der Waals surface area contributed by atoms with Crippen LogP contribution >= 0.6 is 22.9 Å². The minimum atomic E-state index is -1.41. The van der Waals surface area contributed by atoms with Crippen molar-refractivity contribution in [2.24, 2.45) is 0 Å². The fraction of sp³-hybridized carbons (Fsp3) is 0.474. The van der Waals surface area contributed by atoms with Crippen LogP contribution in [0.1, 0.15) is 16.5 Å². The number of aliphatic hydroxyl groups excluding tert-OH is 4. The molecule has 3 heterocycles. The smallest absolute Gasteiger partial charge is 0.142 e. The second-order valence-electron chi connectivity index (χ2n) is 6.95. The van der Waals surface area contributed by atoms with Gasteiger partial charge in [-0.3, -0.25) is 0 Å². The van der Waals surface area contributed by atoms with Crippen molar-refractivity contribution in [2.75, 3.05) is 24.7 Å². The summed E-state index contributed by atoms with van der Waals surface area (Å²) < 4.78 is 12.2. The largest absolute Gasteiger partial charge is 0.490 e. The van der Waals surface area contributed by atoms with E-state index in [1.165, 1.54) is 11.3 Å². The third kappa shape index (κ3) is 3.73. The molecule has 2 aliphatic rings. The van der Waals surface area contributed by atoms with E-state index in [4.69, 9.17) is 21.1 Å². The van der Waals surface area contributed by atoms with Crippen molar-refractivity contribution in [1.29, 1.82) is 0 Å². The van der Waals surface area contributed by atoms with Gasteiger partial charge in [0.15, 0.2) is 0 Å². The summed E-state index contributed by atoms with van der Waals surface area (Å²) in [6.45, 7) is 1.47. The SMILES string of the molecule is OC[C@H]1O[C@@H](c2ccc3c(c2)N(Cc2ccc(Cl)s2)CCO3)[C@H](O)[C@@H](O)[C@@H]1O. The number of anilines is 1. The highest BCUT2D eigenvalue weighted by atomic mass is 35.5. The zero-order chi connectivity index (χ0) is 19.8. The lowest BCUT2D eigenvalue weighted by molar-refractivity contribution is -0.231. The van der Waals surface area contributed by atoms with E-state index >= 15 is 0 Å². The molecule has 0 aliphatic carbocycles. The minimum absolute atomic E-state index is 0.458. The van der Waals surface area contributed by atoms with Crippen LogP contribution in [0, 0.1) is 0 Å². The highest BCUT2D eigenvalue weighted by molar-refractivity contribution is 7.16. The van der Waals surface area contributed by atoms with Gasteiger partial charge in [-0.1, -0.05) is 17.7 Å². The van der Waals surface area contributed by atoms with Crippen molar-refractivity contribution in [3.05, 3.63) is 45.1 Å². The van der Waals surface area contributed by atoms with Crippen molar-refractivity contribution in [3.63, 3.8) is 0 Å². The van der Waals surface area contributed by atoms with Crippen molar-refractivity contribution in [3.8, 4) is 5.75 Å². The molecule has 28 heavy (non-hydrogen) atoms. The van der Waals surface area contributed by atoms with Crippen LogP contribution in [0.15, 0.2) is 30.3 Å². The predicted octanol–water partition coefficient (Wildman–Crippen LogP) is 1.32. The van der Waals surface area contributed by atoms with Gasteiger partial charge in [0, 0.05) is 4.88 Å². The maximum Gasteiger partial charge on any atom is 0.142 e. The van der Waals surface area contributed by atoms with E-state index in [1.54, 1.807) is 12.1 Å². The minimum Gasteiger partial charge on any atom is -0.490 e. The Morgan fingerprint density at radius 3 is 2.64 bits per heavy atom. The molecule has 1 saturated heterocycles. The quantitative estimate of drug-likeness (QED) is 0.583. The lowest BCUT2D eigenvalue weighted by atomic mass is 9.91. The zero-order valence-electron chi connectivity index (χ0n) is 14.9. The van der Waals surface area contributed by atoms with Gasteiger partial charge in [-0.15, -0.1) is 11.3 Å². The number of benzene rings is 1. The Hall–Kier alpha value is -1.39. The van der Waals surface area contributed by atoms with Crippen LogP contribution in [0.25, 0.3) is 0 Å². The first-order valence-corrected chi connectivity index (χ1v) is 10.2. The van der Waals surface area contributed by atoms with E-state index in [9.17, 15) is 20.4 Å². The third-order valence-electron chi connectivity index (χ3n) is 5.14. The zero-order valence-corrected chi connectivity index (χ0v) is 16.5. The third-order valence-corrected chi connectivity index (χ3v) is 6.35. The van der Waals surface area contributed by atoms with E-state index in [2.05, 4.69) is 4.90 Å². The second kappa shape index (κ2) is 8.16. The molecule has 1 aromatic carbocycles. The van der Waals surface area contributed by atoms with Gasteiger partial charge in [-0.2, -0.15) is 0 Å². The summed E-state index contributed by atoms with van der Waals surface area (Å²) in [6, 6.07) is 9.28. The van der Waals surface area contributed by atoms with Crippen molar-refractivity contribution in [1.82, 2.24) is 0 Å². The molecule has 1 fully saturated rings. The molecule has 0 amide bonds. The number of halogens is 1. The Kier molecular flexibility index (Phi) is 5.80. The van der Waals surface area contributed by atoms with Crippen molar-refractivity contribution >= 4 is 28.6 Å². The summed E-state index contributed by atoms with van der Waals surface area (Å²) in [6.07, 6.45) is -5.92. The summed E-state index contributed by atoms with van der Waals surface area (Å²) in [5.41, 5.74) is 1.49. The molecule has 4 N–H and O–H groups in total. The van der Waals surface area contributed by atoms with Crippen molar-refractivity contribution in [2.45, 2.75) is 37.1 Å². The van der Waals surface area contributed by atoms with E-state index in [-0.39, 0.29) is 0 Å². The molecule has 5 atom stereocenters. The lowest BCUT2D eigenvalue weighted by Gasteiger charge is -2.40. The number of hydrogen-bond acceptors (Lipinski definition) is 8. The Labute approximate surface area is 171 Å². The van der Waals surface area contributed by atoms with Crippen LogP contribution in [0.5, 0.6) is 5.75 Å². The molecule has 7 nitrogen and oxygen atoms in total. The predicted molar refractivity (Wildman–Crippen MR) is 105 cm³/mol. The molecule has 0 saturated carbocycles. The molecular weight excluding hydrogens is 406 g/mol. The molecule has 0 spiro atoms. The molecule has 0 unspecified atom stereocenters. The number of thiophene rings is 1. The van der Waals surface area contributed by atoms with E-state index in [0.717, 1.165) is 20.7 Å². The van der Waals surface area contributed by atoms with E-state index < -0.39 is 37.1 Å². The first kappa shape index (κ1) is 19.9. The maximum atomic E-state index is 10.4. The Bertz CT molecular complexity index is 831. The second-order valence-corrected chi connectivity index (χ2v) is 8.75. The molecule has 0 bridgehead atoms. The van der Waals surface area contributed by atoms with E-state index in [1.807, 2.05) is 18.2 Å². The van der Waals surface area contributed by atoms with Gasteiger partial charge in [0.2, 0.25) is 0 Å². The van der Waals surface area contributed by atoms with Crippen LogP contribution < -0.4 is 9.64 Å². The summed E-state index contributed by atoms with van der Waals surface area (Å²) in [7, 11) is 0. The molecule has 0 radical (unpaired) electrons. The van der Waals surface area contributed by atoms with Crippen LogP contribution in [0.2, 0.25) is 4.34 Å². The molecular formula is C19H22ClNO6S.